The third-order valence-electron chi connectivity index (χ3n) is 3.19. The molecule has 0 fully saturated rings. The number of phenols is 1. The van der Waals surface area contributed by atoms with E-state index in [4.69, 9.17) is 21.1 Å². The van der Waals surface area contributed by atoms with Crippen LogP contribution in [0.5, 0.6) is 17.2 Å². The minimum absolute atomic E-state index is 0.0123. The Kier molecular flexibility index (Phi) is 4.70. The number of methoxy groups -OCH3 is 2. The quantitative estimate of drug-likeness (QED) is 0.860. The smallest absolute Gasteiger partial charge is 0.132 e. The number of hydrogen-bond acceptors (Lipinski definition) is 4. The van der Waals surface area contributed by atoms with E-state index < -0.39 is 5.92 Å². The van der Waals surface area contributed by atoms with Gasteiger partial charge in [0.1, 0.15) is 23.5 Å². The van der Waals surface area contributed by atoms with Crippen LogP contribution in [0.25, 0.3) is 0 Å². The topological polar surface area (TPSA) is 55.8 Å². The van der Waals surface area contributed by atoms with Crippen LogP contribution in [0.3, 0.4) is 0 Å². The second kappa shape index (κ2) is 6.50. The standard InChI is InChI=1S/C16H15ClO4/c1-20-12-5-10(6-13(8-12)21-2)15(9-18)14-7-11(17)3-4-16(14)19/h3-9,15,19H,1-2H3. The van der Waals surface area contributed by atoms with Gasteiger partial charge in [-0.15, -0.1) is 0 Å². The number of phenolic OH excluding ortho intramolecular Hbond substituents is 1. The van der Waals surface area contributed by atoms with Gasteiger partial charge in [-0.1, -0.05) is 11.6 Å². The second-order valence-corrected chi connectivity index (χ2v) is 4.90. The van der Waals surface area contributed by atoms with Crippen LogP contribution in [-0.4, -0.2) is 25.6 Å². The van der Waals surface area contributed by atoms with Crippen molar-refractivity contribution in [1.82, 2.24) is 0 Å². The molecule has 0 amide bonds. The van der Waals surface area contributed by atoms with Crippen LogP contribution < -0.4 is 9.47 Å². The predicted octanol–water partition coefficient (Wildman–Crippen LogP) is 3.39. The Morgan fingerprint density at radius 2 is 1.71 bits per heavy atom. The zero-order chi connectivity index (χ0) is 15.4. The first-order chi connectivity index (χ1) is 10.1. The highest BCUT2D eigenvalue weighted by Crippen LogP contribution is 2.35. The van der Waals surface area contributed by atoms with Crippen LogP contribution in [0.4, 0.5) is 0 Å². The summed E-state index contributed by atoms with van der Waals surface area (Å²) in [6, 6.07) is 9.76. The van der Waals surface area contributed by atoms with Crippen LogP contribution in [0.1, 0.15) is 17.0 Å². The average Bonchev–Trinajstić information content (AvgIpc) is 2.51. The SMILES string of the molecule is COc1cc(OC)cc(C(C=O)c2cc(Cl)ccc2O)c1. The first-order valence-corrected chi connectivity index (χ1v) is 6.63. The molecule has 1 unspecified atom stereocenters. The lowest BCUT2D eigenvalue weighted by molar-refractivity contribution is -0.108. The zero-order valence-corrected chi connectivity index (χ0v) is 12.4. The molecule has 0 aliphatic heterocycles. The number of ether oxygens (including phenoxy) is 2. The molecule has 2 aromatic carbocycles. The van der Waals surface area contributed by atoms with E-state index in [1.165, 1.54) is 20.3 Å². The minimum atomic E-state index is -0.660. The number of benzene rings is 2. The summed E-state index contributed by atoms with van der Waals surface area (Å²) >= 11 is 5.95. The van der Waals surface area contributed by atoms with Gasteiger partial charge < -0.3 is 19.4 Å². The van der Waals surface area contributed by atoms with Crippen molar-refractivity contribution in [2.45, 2.75) is 5.92 Å². The second-order valence-electron chi connectivity index (χ2n) is 4.46. The zero-order valence-electron chi connectivity index (χ0n) is 11.7. The van der Waals surface area contributed by atoms with Crippen molar-refractivity contribution < 1.29 is 19.4 Å². The van der Waals surface area contributed by atoms with Crippen LogP contribution in [0.2, 0.25) is 5.02 Å². The summed E-state index contributed by atoms with van der Waals surface area (Å²) in [7, 11) is 3.07. The molecule has 2 rings (SSSR count). The third-order valence-corrected chi connectivity index (χ3v) is 3.43. The number of hydrogen-bond donors (Lipinski definition) is 1. The molecule has 2 aromatic rings. The fourth-order valence-electron chi connectivity index (χ4n) is 2.11. The molecule has 0 bridgehead atoms. The van der Waals surface area contributed by atoms with Gasteiger partial charge in [0.25, 0.3) is 0 Å². The summed E-state index contributed by atoms with van der Waals surface area (Å²) in [6.07, 6.45) is 0.750. The lowest BCUT2D eigenvalue weighted by atomic mass is 9.91. The van der Waals surface area contributed by atoms with Crippen molar-refractivity contribution >= 4 is 17.9 Å². The number of rotatable bonds is 5. The van der Waals surface area contributed by atoms with Gasteiger partial charge in [0.15, 0.2) is 0 Å². The number of aromatic hydroxyl groups is 1. The molecule has 0 spiro atoms. The lowest BCUT2D eigenvalue weighted by Gasteiger charge is -2.15. The van der Waals surface area contributed by atoms with Crippen LogP contribution >= 0.6 is 11.6 Å². The molecular formula is C16H15ClO4. The highest BCUT2D eigenvalue weighted by molar-refractivity contribution is 6.30. The molecule has 1 atom stereocenters. The maximum Gasteiger partial charge on any atom is 0.132 e. The number of carbonyl (C=O) groups is 1. The van der Waals surface area contributed by atoms with Crippen molar-refractivity contribution in [3.63, 3.8) is 0 Å². The summed E-state index contributed by atoms with van der Waals surface area (Å²) in [6.45, 7) is 0. The molecule has 0 heterocycles. The Hall–Kier alpha value is -2.20. The summed E-state index contributed by atoms with van der Waals surface area (Å²) in [5.74, 6) is 0.487. The normalized spacial score (nSPS) is 11.8. The molecule has 0 saturated carbocycles. The van der Waals surface area contributed by atoms with Gasteiger partial charge >= 0.3 is 0 Å². The largest absolute Gasteiger partial charge is 0.508 e. The lowest BCUT2D eigenvalue weighted by Crippen LogP contribution is -2.04. The summed E-state index contributed by atoms with van der Waals surface area (Å²) < 4.78 is 10.4. The first kappa shape index (κ1) is 15.2. The Balaban J connectivity index is 2.55. The van der Waals surface area contributed by atoms with Crippen molar-refractivity contribution in [3.05, 3.63) is 52.5 Å². The molecule has 0 aliphatic carbocycles. The minimum Gasteiger partial charge on any atom is -0.508 e. The van der Waals surface area contributed by atoms with Crippen molar-refractivity contribution in [3.8, 4) is 17.2 Å². The van der Waals surface area contributed by atoms with Gasteiger partial charge in [-0.25, -0.2) is 0 Å². The molecule has 0 aromatic heterocycles. The molecule has 0 radical (unpaired) electrons. The highest BCUT2D eigenvalue weighted by Gasteiger charge is 2.19. The third kappa shape index (κ3) is 3.28. The fourth-order valence-corrected chi connectivity index (χ4v) is 2.30. The van der Waals surface area contributed by atoms with E-state index >= 15 is 0 Å². The maximum atomic E-state index is 11.5. The van der Waals surface area contributed by atoms with Crippen molar-refractivity contribution in [2.75, 3.05) is 14.2 Å². The number of aldehydes is 1. The number of carbonyl (C=O) groups excluding carboxylic acids is 1. The van der Waals surface area contributed by atoms with Crippen molar-refractivity contribution in [1.29, 1.82) is 0 Å². The molecule has 4 nitrogen and oxygen atoms in total. The van der Waals surface area contributed by atoms with E-state index in [0.29, 0.717) is 27.6 Å². The van der Waals surface area contributed by atoms with Gasteiger partial charge in [0.2, 0.25) is 0 Å². The Labute approximate surface area is 127 Å². The van der Waals surface area contributed by atoms with E-state index in [2.05, 4.69) is 0 Å². The molecule has 21 heavy (non-hydrogen) atoms. The molecular weight excluding hydrogens is 292 g/mol. The summed E-state index contributed by atoms with van der Waals surface area (Å²) in [4.78, 5) is 11.5. The Morgan fingerprint density at radius 3 is 2.24 bits per heavy atom. The first-order valence-electron chi connectivity index (χ1n) is 6.25. The van der Waals surface area contributed by atoms with Crippen LogP contribution in [0, 0.1) is 0 Å². The molecule has 1 N–H and O–H groups in total. The Bertz CT molecular complexity index is 632. The van der Waals surface area contributed by atoms with Gasteiger partial charge in [-0.2, -0.15) is 0 Å². The van der Waals surface area contributed by atoms with E-state index in [9.17, 15) is 9.90 Å². The van der Waals surface area contributed by atoms with E-state index in [0.717, 1.165) is 6.29 Å². The van der Waals surface area contributed by atoms with E-state index in [-0.39, 0.29) is 5.75 Å². The highest BCUT2D eigenvalue weighted by atomic mass is 35.5. The van der Waals surface area contributed by atoms with Gasteiger partial charge in [-0.05, 0) is 35.9 Å². The molecule has 0 saturated heterocycles. The molecule has 5 heteroatoms. The van der Waals surface area contributed by atoms with Crippen LogP contribution in [-0.2, 0) is 4.79 Å². The van der Waals surface area contributed by atoms with E-state index in [1.54, 1.807) is 30.3 Å². The van der Waals surface area contributed by atoms with Gasteiger partial charge in [0.05, 0.1) is 20.1 Å². The van der Waals surface area contributed by atoms with Crippen LogP contribution in [0.15, 0.2) is 36.4 Å². The Morgan fingerprint density at radius 1 is 1.10 bits per heavy atom. The monoisotopic (exact) mass is 306 g/mol. The maximum absolute atomic E-state index is 11.5. The summed E-state index contributed by atoms with van der Waals surface area (Å²) in [5.41, 5.74) is 1.09. The molecule has 0 aliphatic rings. The van der Waals surface area contributed by atoms with Crippen molar-refractivity contribution in [2.24, 2.45) is 0 Å². The molecule has 110 valence electrons. The van der Waals surface area contributed by atoms with Gasteiger partial charge in [-0.3, -0.25) is 0 Å². The summed E-state index contributed by atoms with van der Waals surface area (Å²) in [5, 5.41) is 10.4. The van der Waals surface area contributed by atoms with E-state index in [1.807, 2.05) is 0 Å². The van der Waals surface area contributed by atoms with Gasteiger partial charge in [0, 0.05) is 16.7 Å². The number of halogens is 1. The predicted molar refractivity (Wildman–Crippen MR) is 80.6 cm³/mol. The fraction of sp³-hybridized carbons (Fsp3) is 0.188. The average molecular weight is 307 g/mol.